The summed E-state index contributed by atoms with van der Waals surface area (Å²) in [6.07, 6.45) is -2.36. The van der Waals surface area contributed by atoms with Crippen molar-refractivity contribution < 1.29 is 27.6 Å². The SMILES string of the molecule is COC(=O)CC=Cc1cc([N+](=O)[O-])cc(C(F)(F)F)c1. The summed E-state index contributed by atoms with van der Waals surface area (Å²) in [5.74, 6) is -0.567. The zero-order chi connectivity index (χ0) is 15.3. The number of nitrogens with zero attached hydrogens (tertiary/aromatic N) is 1. The van der Waals surface area contributed by atoms with Crippen LogP contribution in [0.4, 0.5) is 18.9 Å². The maximum Gasteiger partial charge on any atom is 0.416 e. The molecule has 0 heterocycles. The first-order valence-electron chi connectivity index (χ1n) is 5.34. The summed E-state index contributed by atoms with van der Waals surface area (Å²) in [6.45, 7) is 0. The molecule has 8 heteroatoms. The van der Waals surface area contributed by atoms with Gasteiger partial charge in [-0.1, -0.05) is 12.2 Å². The number of hydrogen-bond acceptors (Lipinski definition) is 4. The first-order valence-corrected chi connectivity index (χ1v) is 5.34. The number of halogens is 3. The molecule has 1 rings (SSSR count). The van der Waals surface area contributed by atoms with Crippen molar-refractivity contribution in [1.29, 1.82) is 0 Å². The summed E-state index contributed by atoms with van der Waals surface area (Å²) in [4.78, 5) is 20.5. The van der Waals surface area contributed by atoms with E-state index in [9.17, 15) is 28.1 Å². The van der Waals surface area contributed by atoms with E-state index in [1.54, 1.807) is 0 Å². The quantitative estimate of drug-likeness (QED) is 0.485. The third-order valence-electron chi connectivity index (χ3n) is 2.30. The van der Waals surface area contributed by atoms with Gasteiger partial charge >= 0.3 is 12.1 Å². The smallest absolute Gasteiger partial charge is 0.416 e. The molecule has 20 heavy (non-hydrogen) atoms. The van der Waals surface area contributed by atoms with E-state index in [0.29, 0.717) is 6.07 Å². The Morgan fingerprint density at radius 3 is 2.55 bits per heavy atom. The van der Waals surface area contributed by atoms with E-state index in [4.69, 9.17) is 0 Å². The monoisotopic (exact) mass is 289 g/mol. The summed E-state index contributed by atoms with van der Waals surface area (Å²) in [5.41, 5.74) is -1.81. The fourth-order valence-corrected chi connectivity index (χ4v) is 1.37. The zero-order valence-corrected chi connectivity index (χ0v) is 10.3. The van der Waals surface area contributed by atoms with Gasteiger partial charge < -0.3 is 4.74 Å². The van der Waals surface area contributed by atoms with Gasteiger partial charge in [-0.25, -0.2) is 0 Å². The first kappa shape index (κ1) is 15.7. The van der Waals surface area contributed by atoms with Crippen LogP contribution in [0, 0.1) is 10.1 Å². The number of hydrogen-bond donors (Lipinski definition) is 0. The lowest BCUT2D eigenvalue weighted by Gasteiger charge is -2.07. The Labute approximate surface area is 111 Å². The van der Waals surface area contributed by atoms with Gasteiger partial charge in [0.15, 0.2) is 0 Å². The largest absolute Gasteiger partial charge is 0.469 e. The minimum atomic E-state index is -4.68. The Balaban J connectivity index is 3.10. The average molecular weight is 289 g/mol. The van der Waals surface area contributed by atoms with Gasteiger partial charge in [0.25, 0.3) is 5.69 Å². The van der Waals surface area contributed by atoms with Gasteiger partial charge in [-0.05, 0) is 11.6 Å². The van der Waals surface area contributed by atoms with Crippen molar-refractivity contribution in [3.63, 3.8) is 0 Å². The second-order valence-electron chi connectivity index (χ2n) is 3.75. The summed E-state index contributed by atoms with van der Waals surface area (Å²) in [7, 11) is 1.17. The third kappa shape index (κ3) is 4.38. The molecule has 0 atom stereocenters. The summed E-state index contributed by atoms with van der Waals surface area (Å²) < 4.78 is 42.1. The van der Waals surface area contributed by atoms with Gasteiger partial charge in [-0.2, -0.15) is 13.2 Å². The number of nitro groups is 1. The van der Waals surface area contributed by atoms with Crippen LogP contribution in [0.15, 0.2) is 24.3 Å². The molecule has 0 aliphatic carbocycles. The molecule has 0 spiro atoms. The number of methoxy groups -OCH3 is 1. The van der Waals surface area contributed by atoms with Crippen LogP contribution in [-0.4, -0.2) is 18.0 Å². The number of nitro benzene ring substituents is 1. The van der Waals surface area contributed by atoms with Crippen LogP contribution >= 0.6 is 0 Å². The zero-order valence-electron chi connectivity index (χ0n) is 10.3. The van der Waals surface area contributed by atoms with Crippen LogP contribution in [0.5, 0.6) is 0 Å². The van der Waals surface area contributed by atoms with Crippen molar-refractivity contribution in [3.05, 3.63) is 45.5 Å². The molecule has 1 aromatic rings. The van der Waals surface area contributed by atoms with Gasteiger partial charge in [0.1, 0.15) is 0 Å². The third-order valence-corrected chi connectivity index (χ3v) is 2.30. The molecule has 1 aromatic carbocycles. The molecule has 0 aliphatic heterocycles. The predicted octanol–water partition coefficient (Wildman–Crippen LogP) is 3.19. The van der Waals surface area contributed by atoms with E-state index < -0.39 is 28.3 Å². The molecule has 0 saturated heterocycles. The van der Waals surface area contributed by atoms with Gasteiger partial charge in [0.05, 0.1) is 24.0 Å². The predicted molar refractivity (Wildman–Crippen MR) is 63.8 cm³/mol. The van der Waals surface area contributed by atoms with Crippen LogP contribution in [0.25, 0.3) is 6.08 Å². The standard InChI is InChI=1S/C12H10F3NO4/c1-20-11(17)4-2-3-8-5-9(12(13,14)15)7-10(6-8)16(18)19/h2-3,5-7H,4H2,1H3. The van der Waals surface area contributed by atoms with Gasteiger partial charge in [-0.15, -0.1) is 0 Å². The molecule has 0 N–H and O–H groups in total. The number of non-ortho nitro benzene ring substituents is 1. The van der Waals surface area contributed by atoms with E-state index >= 15 is 0 Å². The Morgan fingerprint density at radius 1 is 1.40 bits per heavy atom. The Bertz CT molecular complexity index is 552. The number of carbonyl (C=O) groups is 1. The van der Waals surface area contributed by atoms with E-state index in [1.807, 2.05) is 0 Å². The number of ether oxygens (including phenoxy) is 1. The highest BCUT2D eigenvalue weighted by atomic mass is 19.4. The normalized spacial score (nSPS) is 11.6. The lowest BCUT2D eigenvalue weighted by atomic mass is 10.1. The molecular weight excluding hydrogens is 279 g/mol. The van der Waals surface area contributed by atoms with E-state index in [-0.39, 0.29) is 12.0 Å². The van der Waals surface area contributed by atoms with Crippen molar-refractivity contribution in [2.45, 2.75) is 12.6 Å². The Kier molecular flexibility index (Phi) is 4.84. The molecule has 0 fully saturated rings. The number of esters is 1. The molecule has 0 unspecified atom stereocenters. The Morgan fingerprint density at radius 2 is 2.05 bits per heavy atom. The van der Waals surface area contributed by atoms with Crippen LogP contribution in [-0.2, 0) is 15.7 Å². The average Bonchev–Trinajstić information content (AvgIpc) is 2.37. The lowest BCUT2D eigenvalue weighted by Crippen LogP contribution is -2.06. The second kappa shape index (κ2) is 6.18. The number of rotatable bonds is 4. The highest BCUT2D eigenvalue weighted by Gasteiger charge is 2.32. The molecular formula is C12H10F3NO4. The molecule has 5 nitrogen and oxygen atoms in total. The summed E-state index contributed by atoms with van der Waals surface area (Å²) in [6, 6.07) is 2.21. The fourth-order valence-electron chi connectivity index (χ4n) is 1.37. The van der Waals surface area contributed by atoms with Crippen molar-refractivity contribution in [1.82, 2.24) is 0 Å². The maximum atomic E-state index is 12.6. The fraction of sp³-hybridized carbons (Fsp3) is 0.250. The van der Waals surface area contributed by atoms with E-state index in [0.717, 1.165) is 12.1 Å². The second-order valence-corrected chi connectivity index (χ2v) is 3.75. The van der Waals surface area contributed by atoms with Gasteiger partial charge in [-0.3, -0.25) is 14.9 Å². The van der Waals surface area contributed by atoms with Crippen molar-refractivity contribution >= 4 is 17.7 Å². The minimum Gasteiger partial charge on any atom is -0.469 e. The van der Waals surface area contributed by atoms with Crippen molar-refractivity contribution in [2.24, 2.45) is 0 Å². The number of alkyl halides is 3. The first-order chi connectivity index (χ1) is 9.24. The summed E-state index contributed by atoms with van der Waals surface area (Å²) >= 11 is 0. The number of benzene rings is 1. The van der Waals surface area contributed by atoms with E-state index in [2.05, 4.69) is 4.74 Å². The molecule has 0 radical (unpaired) electrons. The Hall–Kier alpha value is -2.38. The molecule has 0 aliphatic rings. The van der Waals surface area contributed by atoms with Crippen molar-refractivity contribution in [3.8, 4) is 0 Å². The molecule has 0 saturated carbocycles. The molecule has 0 bridgehead atoms. The van der Waals surface area contributed by atoms with Crippen LogP contribution in [0.3, 0.4) is 0 Å². The van der Waals surface area contributed by atoms with E-state index in [1.165, 1.54) is 19.3 Å². The van der Waals surface area contributed by atoms with Crippen LogP contribution in [0.2, 0.25) is 0 Å². The lowest BCUT2D eigenvalue weighted by molar-refractivity contribution is -0.385. The maximum absolute atomic E-state index is 12.6. The minimum absolute atomic E-state index is 0.0181. The van der Waals surface area contributed by atoms with Gasteiger partial charge in [0, 0.05) is 12.1 Å². The molecule has 0 amide bonds. The highest BCUT2D eigenvalue weighted by molar-refractivity contribution is 5.72. The summed E-state index contributed by atoms with van der Waals surface area (Å²) in [5, 5.41) is 10.6. The van der Waals surface area contributed by atoms with Crippen LogP contribution < -0.4 is 0 Å². The highest BCUT2D eigenvalue weighted by Crippen LogP contribution is 2.32. The molecule has 0 aromatic heterocycles. The topological polar surface area (TPSA) is 69.4 Å². The van der Waals surface area contributed by atoms with Crippen LogP contribution in [0.1, 0.15) is 17.5 Å². The van der Waals surface area contributed by atoms with Crippen molar-refractivity contribution in [2.75, 3.05) is 7.11 Å². The number of carbonyl (C=O) groups excluding carboxylic acids is 1. The molecule has 108 valence electrons. The van der Waals surface area contributed by atoms with Gasteiger partial charge in [0.2, 0.25) is 0 Å².